The van der Waals surface area contributed by atoms with Crippen molar-refractivity contribution in [2.75, 3.05) is 55.4 Å². The molecule has 41 heavy (non-hydrogen) atoms. The van der Waals surface area contributed by atoms with Gasteiger partial charge in [-0.3, -0.25) is 28.9 Å². The lowest BCUT2D eigenvalue weighted by Gasteiger charge is -2.39. The minimum Gasteiger partial charge on any atom is -0.381 e. The van der Waals surface area contributed by atoms with Crippen LogP contribution in [0.5, 0.6) is 0 Å². The van der Waals surface area contributed by atoms with Gasteiger partial charge in [0.25, 0.3) is 5.91 Å². The van der Waals surface area contributed by atoms with Crippen LogP contribution in [0.2, 0.25) is 5.15 Å². The average molecular weight is 602 g/mol. The molecule has 218 valence electrons. The number of halogens is 1. The number of nitrogens with two attached hydrogens (primary N) is 1. The van der Waals surface area contributed by atoms with Crippen LogP contribution in [0.4, 0.5) is 17.3 Å². The number of rotatable bonds is 6. The molecule has 0 aliphatic carbocycles. The Hall–Kier alpha value is -3.78. The first kappa shape index (κ1) is 28.7. The van der Waals surface area contributed by atoms with Gasteiger partial charge in [0.15, 0.2) is 28.4 Å². The maximum atomic E-state index is 12.9. The molecule has 1 aromatic carbocycles. The van der Waals surface area contributed by atoms with Gasteiger partial charge < -0.3 is 26.2 Å². The molecule has 0 bridgehead atoms. The highest BCUT2D eigenvalue weighted by molar-refractivity contribution is 7.84. The molecule has 1 saturated heterocycles. The SMILES string of the molecule is CNc1nc(N)c(Cl)nc1C(=O)NC1=NCC2(CCN(C(=O)CCC(=O)N3CCc4cc(S(C)=O)ccc43)CC2)N1. The van der Waals surface area contributed by atoms with E-state index in [1.807, 2.05) is 12.1 Å². The van der Waals surface area contributed by atoms with Crippen molar-refractivity contribution in [2.24, 2.45) is 4.99 Å². The monoisotopic (exact) mass is 601 g/mol. The number of benzene rings is 1. The van der Waals surface area contributed by atoms with E-state index in [2.05, 4.69) is 30.9 Å². The van der Waals surface area contributed by atoms with Crippen molar-refractivity contribution >= 4 is 63.4 Å². The molecule has 1 atom stereocenters. The van der Waals surface area contributed by atoms with Crippen molar-refractivity contribution in [3.05, 3.63) is 34.6 Å². The number of hydrogen-bond acceptors (Lipinski definition) is 10. The Morgan fingerprint density at radius 1 is 1.15 bits per heavy atom. The zero-order valence-corrected chi connectivity index (χ0v) is 24.4. The van der Waals surface area contributed by atoms with Gasteiger partial charge in [0.2, 0.25) is 11.8 Å². The van der Waals surface area contributed by atoms with Gasteiger partial charge in [-0.15, -0.1) is 0 Å². The second kappa shape index (κ2) is 11.6. The van der Waals surface area contributed by atoms with Crippen LogP contribution >= 0.6 is 11.6 Å². The third kappa shape index (κ3) is 5.98. The lowest BCUT2D eigenvalue weighted by Crippen LogP contribution is -2.57. The molecule has 1 spiro atoms. The Labute approximate surface area is 244 Å². The van der Waals surface area contributed by atoms with Crippen LogP contribution in [0.15, 0.2) is 28.1 Å². The summed E-state index contributed by atoms with van der Waals surface area (Å²) < 4.78 is 11.8. The van der Waals surface area contributed by atoms with Crippen molar-refractivity contribution < 1.29 is 18.6 Å². The number of aromatic nitrogens is 2. The maximum absolute atomic E-state index is 12.9. The van der Waals surface area contributed by atoms with E-state index in [4.69, 9.17) is 17.3 Å². The first-order chi connectivity index (χ1) is 19.6. The topological polar surface area (TPSA) is 175 Å². The molecule has 3 aliphatic heterocycles. The molecule has 2 aromatic rings. The summed E-state index contributed by atoms with van der Waals surface area (Å²) in [5.41, 5.74) is 7.14. The van der Waals surface area contributed by atoms with E-state index in [-0.39, 0.29) is 52.7 Å². The van der Waals surface area contributed by atoms with E-state index in [0.717, 1.165) is 16.1 Å². The number of nitrogen functional groups attached to an aromatic ring is 1. The maximum Gasteiger partial charge on any atom is 0.280 e. The Morgan fingerprint density at radius 3 is 2.59 bits per heavy atom. The number of likely N-dealkylation sites (tertiary alicyclic amines) is 1. The van der Waals surface area contributed by atoms with Gasteiger partial charge in [-0.25, -0.2) is 9.97 Å². The average Bonchev–Trinajstić information content (AvgIpc) is 3.56. The van der Waals surface area contributed by atoms with E-state index in [9.17, 15) is 18.6 Å². The number of anilines is 3. The van der Waals surface area contributed by atoms with Gasteiger partial charge in [-0.05, 0) is 43.0 Å². The Morgan fingerprint density at radius 2 is 1.88 bits per heavy atom. The Balaban J connectivity index is 1.09. The van der Waals surface area contributed by atoms with Gasteiger partial charge in [0, 0.05) is 67.2 Å². The number of carbonyl (C=O) groups is 3. The number of hydrogen-bond donors (Lipinski definition) is 4. The van der Waals surface area contributed by atoms with E-state index in [1.165, 1.54) is 0 Å². The van der Waals surface area contributed by atoms with E-state index in [1.54, 1.807) is 29.2 Å². The summed E-state index contributed by atoms with van der Waals surface area (Å²) in [5.74, 6) is -0.155. The fourth-order valence-corrected chi connectivity index (χ4v) is 6.04. The molecule has 15 heteroatoms. The highest BCUT2D eigenvalue weighted by Gasteiger charge is 2.40. The summed E-state index contributed by atoms with van der Waals surface area (Å²) in [6, 6.07) is 5.52. The number of fused-ring (bicyclic) bond motifs is 1. The number of carbonyl (C=O) groups excluding carboxylic acids is 3. The van der Waals surface area contributed by atoms with Crippen LogP contribution in [0, 0.1) is 0 Å². The molecule has 0 saturated carbocycles. The molecule has 3 amide bonds. The Bertz CT molecular complexity index is 1460. The summed E-state index contributed by atoms with van der Waals surface area (Å²) >= 11 is 5.95. The molecule has 5 N–H and O–H groups in total. The number of amides is 3. The van der Waals surface area contributed by atoms with Crippen molar-refractivity contribution in [2.45, 2.75) is 42.5 Å². The van der Waals surface area contributed by atoms with Crippen LogP contribution in [0.25, 0.3) is 0 Å². The van der Waals surface area contributed by atoms with E-state index < -0.39 is 16.7 Å². The molecule has 3 aliphatic rings. The summed E-state index contributed by atoms with van der Waals surface area (Å²) in [7, 11) is 0.521. The van der Waals surface area contributed by atoms with Crippen LogP contribution in [0.1, 0.15) is 41.7 Å². The number of nitrogens with zero attached hydrogens (tertiary/aromatic N) is 5. The molecular formula is C26H32ClN9O4S. The lowest BCUT2D eigenvalue weighted by molar-refractivity contribution is -0.134. The third-order valence-electron chi connectivity index (χ3n) is 7.69. The van der Waals surface area contributed by atoms with E-state index >= 15 is 0 Å². The zero-order valence-electron chi connectivity index (χ0n) is 22.8. The minimum absolute atomic E-state index is 0.00771. The third-order valence-corrected chi connectivity index (χ3v) is 8.89. The summed E-state index contributed by atoms with van der Waals surface area (Å²) in [5, 5.41) is 8.74. The fourth-order valence-electron chi connectivity index (χ4n) is 5.35. The standard InChI is InChI=1S/C26H32ClN9O4S/c1-29-23-20(31-21(27)22(28)32-23)24(39)33-25-30-14-26(34-25)8-11-35(12-9-26)18(37)5-6-19(38)36-10-7-15-13-16(41(2)40)3-4-17(15)36/h3-4,13H,5-12,14H2,1-2H3,(H3,28,29,32)(H2,30,33,34,39). The summed E-state index contributed by atoms with van der Waals surface area (Å²) in [4.78, 5) is 55.5. The zero-order chi connectivity index (χ0) is 29.3. The minimum atomic E-state index is -1.07. The fraction of sp³-hybridized carbons (Fsp3) is 0.462. The molecule has 0 radical (unpaired) electrons. The predicted molar refractivity (Wildman–Crippen MR) is 157 cm³/mol. The highest BCUT2D eigenvalue weighted by atomic mass is 35.5. The van der Waals surface area contributed by atoms with Crippen LogP contribution < -0.4 is 26.6 Å². The molecule has 1 fully saturated rings. The van der Waals surface area contributed by atoms with Crippen LogP contribution in [-0.2, 0) is 26.8 Å². The van der Waals surface area contributed by atoms with Gasteiger partial charge in [-0.1, -0.05) is 11.6 Å². The van der Waals surface area contributed by atoms with Crippen LogP contribution in [-0.4, -0.2) is 87.8 Å². The van der Waals surface area contributed by atoms with Crippen molar-refractivity contribution in [1.29, 1.82) is 0 Å². The normalized spacial score (nSPS) is 18.0. The number of aliphatic imine (C=N–C) groups is 1. The second-order valence-corrected chi connectivity index (χ2v) is 12.0. The molecule has 1 aromatic heterocycles. The van der Waals surface area contributed by atoms with Crippen molar-refractivity contribution in [1.82, 2.24) is 25.5 Å². The first-order valence-corrected chi connectivity index (χ1v) is 15.2. The molecular weight excluding hydrogens is 570 g/mol. The predicted octanol–water partition coefficient (Wildman–Crippen LogP) is 0.911. The van der Waals surface area contributed by atoms with Crippen molar-refractivity contribution in [3.63, 3.8) is 0 Å². The molecule has 1 unspecified atom stereocenters. The first-order valence-electron chi connectivity index (χ1n) is 13.3. The van der Waals surface area contributed by atoms with Gasteiger partial charge in [0.1, 0.15) is 0 Å². The number of nitrogens with one attached hydrogen (secondary N) is 3. The quantitative estimate of drug-likeness (QED) is 0.375. The summed E-state index contributed by atoms with van der Waals surface area (Å²) in [6.07, 6.45) is 3.90. The molecule has 5 rings (SSSR count). The van der Waals surface area contributed by atoms with Gasteiger partial charge in [0.05, 0.1) is 12.1 Å². The van der Waals surface area contributed by atoms with E-state index in [0.29, 0.717) is 51.4 Å². The lowest BCUT2D eigenvalue weighted by atomic mass is 9.88. The number of guanidine groups is 1. The van der Waals surface area contributed by atoms with Crippen LogP contribution in [0.3, 0.4) is 0 Å². The summed E-state index contributed by atoms with van der Waals surface area (Å²) in [6.45, 7) is 2.05. The smallest absolute Gasteiger partial charge is 0.280 e. The van der Waals surface area contributed by atoms with Crippen molar-refractivity contribution in [3.8, 4) is 0 Å². The largest absolute Gasteiger partial charge is 0.381 e. The Kier molecular flexibility index (Phi) is 8.13. The van der Waals surface area contributed by atoms with Gasteiger partial charge in [-0.2, -0.15) is 0 Å². The van der Waals surface area contributed by atoms with Gasteiger partial charge >= 0.3 is 0 Å². The second-order valence-electron chi connectivity index (χ2n) is 10.3. The number of piperidine rings is 1. The molecule has 13 nitrogen and oxygen atoms in total. The highest BCUT2D eigenvalue weighted by Crippen LogP contribution is 2.31. The molecule has 4 heterocycles.